The Morgan fingerprint density at radius 1 is 1.26 bits per heavy atom. The minimum atomic E-state index is -0.384. The number of benzene rings is 1. The van der Waals surface area contributed by atoms with Crippen molar-refractivity contribution >= 4 is 11.4 Å². The number of nitro benzene ring substituents is 1. The van der Waals surface area contributed by atoms with Gasteiger partial charge < -0.3 is 11.1 Å². The molecule has 1 aromatic rings. The minimum Gasteiger partial charge on any atom is -0.381 e. The summed E-state index contributed by atoms with van der Waals surface area (Å²) in [6.07, 6.45) is 6.33. The Bertz CT molecular complexity index is 413. The average Bonchev–Trinajstić information content (AvgIpc) is 2.46. The average molecular weight is 263 g/mol. The van der Waals surface area contributed by atoms with Crippen LogP contribution in [0.5, 0.6) is 0 Å². The molecule has 0 spiro atoms. The number of rotatable bonds is 5. The van der Waals surface area contributed by atoms with Crippen molar-refractivity contribution in [2.45, 2.75) is 38.1 Å². The molecule has 1 fully saturated rings. The summed E-state index contributed by atoms with van der Waals surface area (Å²) >= 11 is 0. The van der Waals surface area contributed by atoms with Gasteiger partial charge in [0, 0.05) is 30.4 Å². The molecule has 2 rings (SSSR count). The van der Waals surface area contributed by atoms with E-state index in [2.05, 4.69) is 5.32 Å². The molecule has 3 N–H and O–H groups in total. The largest absolute Gasteiger partial charge is 0.381 e. The van der Waals surface area contributed by atoms with Gasteiger partial charge in [0.2, 0.25) is 0 Å². The van der Waals surface area contributed by atoms with E-state index in [1.807, 2.05) is 0 Å². The molecule has 19 heavy (non-hydrogen) atoms. The van der Waals surface area contributed by atoms with E-state index in [0.717, 1.165) is 5.69 Å². The van der Waals surface area contributed by atoms with E-state index in [1.165, 1.54) is 44.2 Å². The lowest BCUT2D eigenvalue weighted by molar-refractivity contribution is -0.384. The van der Waals surface area contributed by atoms with Gasteiger partial charge in [-0.25, -0.2) is 0 Å². The molecule has 0 aliphatic heterocycles. The minimum absolute atomic E-state index is 0.118. The summed E-state index contributed by atoms with van der Waals surface area (Å²) in [6.45, 7) is 0.599. The van der Waals surface area contributed by atoms with Gasteiger partial charge in [-0.3, -0.25) is 10.1 Å². The Balaban J connectivity index is 1.99. The molecule has 0 aromatic heterocycles. The van der Waals surface area contributed by atoms with Gasteiger partial charge in [-0.15, -0.1) is 0 Å². The monoisotopic (exact) mass is 263 g/mol. The zero-order valence-electron chi connectivity index (χ0n) is 11.0. The topological polar surface area (TPSA) is 81.2 Å². The van der Waals surface area contributed by atoms with E-state index in [4.69, 9.17) is 5.73 Å². The number of nitrogens with zero attached hydrogens (tertiary/aromatic N) is 1. The fourth-order valence-corrected chi connectivity index (χ4v) is 2.80. The maximum atomic E-state index is 10.6. The Hall–Kier alpha value is -1.62. The van der Waals surface area contributed by atoms with Crippen LogP contribution >= 0.6 is 0 Å². The fourth-order valence-electron chi connectivity index (χ4n) is 2.80. The lowest BCUT2D eigenvalue weighted by atomic mass is 9.84. The van der Waals surface area contributed by atoms with Crippen molar-refractivity contribution in [1.82, 2.24) is 0 Å². The molecule has 0 bridgehead atoms. The molecule has 5 nitrogen and oxygen atoms in total. The normalized spacial score (nSPS) is 17.9. The van der Waals surface area contributed by atoms with E-state index in [-0.39, 0.29) is 16.7 Å². The highest BCUT2D eigenvalue weighted by Crippen LogP contribution is 2.28. The second-order valence-corrected chi connectivity index (χ2v) is 5.19. The molecule has 0 amide bonds. The number of non-ortho nitro benzene ring substituents is 1. The highest BCUT2D eigenvalue weighted by Gasteiger charge is 2.22. The van der Waals surface area contributed by atoms with Crippen molar-refractivity contribution in [3.8, 4) is 0 Å². The molecule has 1 aliphatic carbocycles. The third-order valence-corrected chi connectivity index (χ3v) is 3.90. The summed E-state index contributed by atoms with van der Waals surface area (Å²) in [6, 6.07) is 6.82. The molecule has 0 saturated heterocycles. The van der Waals surface area contributed by atoms with Crippen molar-refractivity contribution < 1.29 is 4.92 Å². The summed E-state index contributed by atoms with van der Waals surface area (Å²) in [5.74, 6) is 0.619. The quantitative estimate of drug-likeness (QED) is 0.632. The number of anilines is 1. The molecule has 1 aromatic carbocycles. The van der Waals surface area contributed by atoms with Crippen LogP contribution in [0.15, 0.2) is 24.3 Å². The highest BCUT2D eigenvalue weighted by atomic mass is 16.6. The first kappa shape index (κ1) is 13.8. The predicted octanol–water partition coefficient (Wildman–Crippen LogP) is 2.91. The number of nitrogens with one attached hydrogen (secondary N) is 1. The van der Waals surface area contributed by atoms with Crippen molar-refractivity contribution in [3.05, 3.63) is 34.4 Å². The molecule has 0 radical (unpaired) electrons. The van der Waals surface area contributed by atoms with Crippen LogP contribution in [0.3, 0.4) is 0 Å². The molecule has 1 aliphatic rings. The van der Waals surface area contributed by atoms with Crippen LogP contribution in [0.25, 0.3) is 0 Å². The van der Waals surface area contributed by atoms with Crippen molar-refractivity contribution in [2.75, 3.05) is 11.9 Å². The summed E-state index contributed by atoms with van der Waals surface area (Å²) in [4.78, 5) is 10.2. The predicted molar refractivity (Wildman–Crippen MR) is 76.1 cm³/mol. The number of hydrogen-bond donors (Lipinski definition) is 2. The Morgan fingerprint density at radius 2 is 1.89 bits per heavy atom. The zero-order chi connectivity index (χ0) is 13.7. The van der Waals surface area contributed by atoms with Gasteiger partial charge >= 0.3 is 0 Å². The summed E-state index contributed by atoms with van der Waals surface area (Å²) in [7, 11) is 0. The van der Waals surface area contributed by atoms with Crippen LogP contribution in [0.2, 0.25) is 0 Å². The Labute approximate surface area is 113 Å². The molecule has 104 valence electrons. The lowest BCUT2D eigenvalue weighted by Crippen LogP contribution is -2.37. The summed E-state index contributed by atoms with van der Waals surface area (Å²) in [5, 5.41) is 14.0. The Morgan fingerprint density at radius 3 is 2.42 bits per heavy atom. The third kappa shape index (κ3) is 3.67. The first-order valence-corrected chi connectivity index (χ1v) is 6.92. The van der Waals surface area contributed by atoms with Gasteiger partial charge in [-0.1, -0.05) is 19.3 Å². The fraction of sp³-hybridized carbons (Fsp3) is 0.571. The number of nitro groups is 1. The van der Waals surface area contributed by atoms with E-state index < -0.39 is 0 Å². The molecule has 1 saturated carbocycles. The van der Waals surface area contributed by atoms with Gasteiger partial charge in [-0.2, -0.15) is 0 Å². The van der Waals surface area contributed by atoms with Crippen LogP contribution in [-0.4, -0.2) is 17.5 Å². The standard InChI is InChI=1S/C14H21N3O2/c15-10-14(11-4-2-1-3-5-11)16-12-6-8-13(9-7-12)17(18)19/h6-9,11,14,16H,1-5,10,15H2. The van der Waals surface area contributed by atoms with Gasteiger partial charge in [0.05, 0.1) is 4.92 Å². The molecule has 5 heteroatoms. The second-order valence-electron chi connectivity index (χ2n) is 5.19. The number of nitrogens with two attached hydrogens (primary N) is 1. The maximum Gasteiger partial charge on any atom is 0.269 e. The highest BCUT2D eigenvalue weighted by molar-refractivity contribution is 5.49. The van der Waals surface area contributed by atoms with Crippen molar-refractivity contribution in [3.63, 3.8) is 0 Å². The smallest absolute Gasteiger partial charge is 0.269 e. The van der Waals surface area contributed by atoms with Crippen LogP contribution < -0.4 is 11.1 Å². The van der Waals surface area contributed by atoms with Gasteiger partial charge in [0.25, 0.3) is 5.69 Å². The van der Waals surface area contributed by atoms with E-state index in [1.54, 1.807) is 12.1 Å². The third-order valence-electron chi connectivity index (χ3n) is 3.90. The molecule has 0 heterocycles. The van der Waals surface area contributed by atoms with E-state index in [9.17, 15) is 10.1 Å². The molecular weight excluding hydrogens is 242 g/mol. The van der Waals surface area contributed by atoms with Crippen molar-refractivity contribution in [2.24, 2.45) is 11.7 Å². The maximum absolute atomic E-state index is 10.6. The lowest BCUT2D eigenvalue weighted by Gasteiger charge is -2.30. The van der Waals surface area contributed by atoms with E-state index >= 15 is 0 Å². The Kier molecular flexibility index (Phi) is 4.74. The van der Waals surface area contributed by atoms with Gasteiger partial charge in [-0.05, 0) is 30.9 Å². The zero-order valence-corrected chi connectivity index (χ0v) is 11.0. The second kappa shape index (κ2) is 6.52. The summed E-state index contributed by atoms with van der Waals surface area (Å²) in [5.41, 5.74) is 6.89. The molecule has 1 atom stereocenters. The number of hydrogen-bond acceptors (Lipinski definition) is 4. The van der Waals surface area contributed by atoms with Crippen molar-refractivity contribution in [1.29, 1.82) is 0 Å². The molecule has 1 unspecified atom stereocenters. The first-order valence-electron chi connectivity index (χ1n) is 6.92. The van der Waals surface area contributed by atoms with Crippen LogP contribution in [0, 0.1) is 16.0 Å². The van der Waals surface area contributed by atoms with Crippen LogP contribution in [0.1, 0.15) is 32.1 Å². The van der Waals surface area contributed by atoms with Crippen LogP contribution in [-0.2, 0) is 0 Å². The van der Waals surface area contributed by atoms with E-state index in [0.29, 0.717) is 12.5 Å². The van der Waals surface area contributed by atoms with Gasteiger partial charge in [0.15, 0.2) is 0 Å². The SMILES string of the molecule is NCC(Nc1ccc([N+](=O)[O-])cc1)C1CCCCC1. The first-order chi connectivity index (χ1) is 9.20. The summed E-state index contributed by atoms with van der Waals surface area (Å²) < 4.78 is 0. The van der Waals surface area contributed by atoms with Crippen LogP contribution in [0.4, 0.5) is 11.4 Å². The molecular formula is C14H21N3O2. The van der Waals surface area contributed by atoms with Gasteiger partial charge in [0.1, 0.15) is 0 Å².